The van der Waals surface area contributed by atoms with E-state index >= 15 is 0 Å². The van der Waals surface area contributed by atoms with Crippen molar-refractivity contribution in [3.8, 4) is 5.75 Å². The third-order valence-corrected chi connectivity index (χ3v) is 2.94. The second-order valence-corrected chi connectivity index (χ2v) is 5.01. The third kappa shape index (κ3) is 4.85. The van der Waals surface area contributed by atoms with E-state index in [2.05, 4.69) is 10.4 Å². The summed E-state index contributed by atoms with van der Waals surface area (Å²) in [5, 5.41) is 17.7. The molecule has 0 saturated carbocycles. The molecule has 0 radical (unpaired) electrons. The van der Waals surface area contributed by atoms with Crippen molar-refractivity contribution in [1.82, 2.24) is 15.1 Å². The molecular formula is C14H18ClN3O2. The molecule has 0 spiro atoms. The number of aliphatic hydroxyl groups is 1. The number of rotatable bonds is 7. The van der Waals surface area contributed by atoms with Gasteiger partial charge in [-0.2, -0.15) is 5.10 Å². The zero-order valence-electron chi connectivity index (χ0n) is 11.3. The van der Waals surface area contributed by atoms with Crippen molar-refractivity contribution in [2.75, 3.05) is 13.2 Å². The van der Waals surface area contributed by atoms with E-state index in [1.807, 2.05) is 25.4 Å². The van der Waals surface area contributed by atoms with E-state index in [9.17, 15) is 5.11 Å². The van der Waals surface area contributed by atoms with Crippen LogP contribution in [-0.4, -0.2) is 34.1 Å². The maximum Gasteiger partial charge on any atom is 0.120 e. The van der Waals surface area contributed by atoms with Gasteiger partial charge in [0.25, 0.3) is 0 Å². The molecule has 2 N–H and O–H groups in total. The molecule has 2 aromatic rings. The summed E-state index contributed by atoms with van der Waals surface area (Å²) in [5.74, 6) is 0.656. The number of aromatic nitrogens is 2. The molecular weight excluding hydrogens is 278 g/mol. The van der Waals surface area contributed by atoms with Crippen molar-refractivity contribution >= 4 is 11.6 Å². The fourth-order valence-corrected chi connectivity index (χ4v) is 1.93. The minimum absolute atomic E-state index is 0.223. The third-order valence-electron chi connectivity index (χ3n) is 2.71. The maximum absolute atomic E-state index is 9.82. The van der Waals surface area contributed by atoms with Gasteiger partial charge in [-0.3, -0.25) is 4.68 Å². The molecule has 2 rings (SSSR count). The van der Waals surface area contributed by atoms with Crippen molar-refractivity contribution in [3.63, 3.8) is 0 Å². The van der Waals surface area contributed by atoms with Crippen molar-refractivity contribution in [2.24, 2.45) is 7.05 Å². The molecule has 1 aromatic carbocycles. The number of benzene rings is 1. The van der Waals surface area contributed by atoms with Crippen LogP contribution >= 0.6 is 11.6 Å². The van der Waals surface area contributed by atoms with E-state index < -0.39 is 6.10 Å². The minimum Gasteiger partial charge on any atom is -0.491 e. The maximum atomic E-state index is 9.82. The molecule has 1 unspecified atom stereocenters. The molecule has 1 heterocycles. The molecule has 0 amide bonds. The molecule has 6 heteroatoms. The van der Waals surface area contributed by atoms with E-state index in [1.165, 1.54) is 0 Å². The number of nitrogens with one attached hydrogen (secondary N) is 1. The number of aliphatic hydroxyl groups excluding tert-OH is 1. The van der Waals surface area contributed by atoms with Crippen LogP contribution < -0.4 is 10.1 Å². The highest BCUT2D eigenvalue weighted by Gasteiger charge is 2.05. The lowest BCUT2D eigenvalue weighted by Crippen LogP contribution is -2.31. The van der Waals surface area contributed by atoms with Gasteiger partial charge in [0, 0.05) is 36.9 Å². The fraction of sp³-hybridized carbons (Fsp3) is 0.357. The van der Waals surface area contributed by atoms with E-state index in [0.29, 0.717) is 23.9 Å². The number of ether oxygens (including phenoxy) is 1. The molecule has 0 aliphatic heterocycles. The lowest BCUT2D eigenvalue weighted by atomic mass is 10.3. The van der Waals surface area contributed by atoms with E-state index in [4.69, 9.17) is 16.3 Å². The van der Waals surface area contributed by atoms with Gasteiger partial charge in [0.2, 0.25) is 0 Å². The number of aryl methyl sites for hydroxylation is 1. The average molecular weight is 296 g/mol. The van der Waals surface area contributed by atoms with Crippen LogP contribution in [0.5, 0.6) is 5.75 Å². The van der Waals surface area contributed by atoms with Gasteiger partial charge in [-0.15, -0.1) is 0 Å². The van der Waals surface area contributed by atoms with Crippen LogP contribution in [0, 0.1) is 0 Å². The lowest BCUT2D eigenvalue weighted by molar-refractivity contribution is 0.106. The van der Waals surface area contributed by atoms with Crippen LogP contribution in [0.25, 0.3) is 0 Å². The summed E-state index contributed by atoms with van der Waals surface area (Å²) in [6.45, 7) is 1.35. The Balaban J connectivity index is 1.66. The van der Waals surface area contributed by atoms with E-state index in [1.54, 1.807) is 23.0 Å². The Kier molecular flexibility index (Phi) is 5.40. The predicted octanol–water partition coefficient (Wildman–Crippen LogP) is 1.60. The van der Waals surface area contributed by atoms with Gasteiger partial charge in [-0.25, -0.2) is 0 Å². The van der Waals surface area contributed by atoms with Gasteiger partial charge in [-0.1, -0.05) is 17.7 Å². The summed E-state index contributed by atoms with van der Waals surface area (Å²) in [5.41, 5.74) is 1.08. The van der Waals surface area contributed by atoms with Crippen molar-refractivity contribution in [2.45, 2.75) is 12.6 Å². The summed E-state index contributed by atoms with van der Waals surface area (Å²) >= 11 is 5.85. The smallest absolute Gasteiger partial charge is 0.120 e. The van der Waals surface area contributed by atoms with Gasteiger partial charge < -0.3 is 15.2 Å². The molecule has 108 valence electrons. The van der Waals surface area contributed by atoms with Crippen molar-refractivity contribution < 1.29 is 9.84 Å². The average Bonchev–Trinajstić information content (AvgIpc) is 2.82. The number of nitrogens with zero attached hydrogens (tertiary/aromatic N) is 2. The Morgan fingerprint density at radius 3 is 3.05 bits per heavy atom. The topological polar surface area (TPSA) is 59.3 Å². The Morgan fingerprint density at radius 1 is 1.50 bits per heavy atom. The molecule has 1 aromatic heterocycles. The highest BCUT2D eigenvalue weighted by Crippen LogP contribution is 2.17. The Morgan fingerprint density at radius 2 is 2.35 bits per heavy atom. The second kappa shape index (κ2) is 7.28. The first-order valence-electron chi connectivity index (χ1n) is 6.38. The molecule has 0 aliphatic carbocycles. The first kappa shape index (κ1) is 14.8. The van der Waals surface area contributed by atoms with Crippen molar-refractivity contribution in [1.29, 1.82) is 0 Å². The quantitative estimate of drug-likeness (QED) is 0.815. The van der Waals surface area contributed by atoms with Crippen LogP contribution in [0.4, 0.5) is 0 Å². The van der Waals surface area contributed by atoms with E-state index in [0.717, 1.165) is 5.56 Å². The second-order valence-electron chi connectivity index (χ2n) is 4.58. The van der Waals surface area contributed by atoms with Gasteiger partial charge >= 0.3 is 0 Å². The van der Waals surface area contributed by atoms with Gasteiger partial charge in [-0.05, 0) is 18.2 Å². The summed E-state index contributed by atoms with van der Waals surface area (Å²) in [4.78, 5) is 0. The Labute approximate surface area is 123 Å². The monoisotopic (exact) mass is 295 g/mol. The van der Waals surface area contributed by atoms with Crippen molar-refractivity contribution in [3.05, 3.63) is 47.2 Å². The van der Waals surface area contributed by atoms with Crippen LogP contribution in [0.3, 0.4) is 0 Å². The van der Waals surface area contributed by atoms with Crippen LogP contribution in [0.2, 0.25) is 5.02 Å². The summed E-state index contributed by atoms with van der Waals surface area (Å²) in [6, 6.07) is 7.12. The minimum atomic E-state index is -0.578. The van der Waals surface area contributed by atoms with Gasteiger partial charge in [0.05, 0.1) is 6.20 Å². The molecule has 0 saturated heterocycles. The predicted molar refractivity (Wildman–Crippen MR) is 77.9 cm³/mol. The van der Waals surface area contributed by atoms with E-state index in [-0.39, 0.29) is 6.61 Å². The lowest BCUT2D eigenvalue weighted by Gasteiger charge is -2.13. The summed E-state index contributed by atoms with van der Waals surface area (Å²) in [7, 11) is 1.87. The fourth-order valence-electron chi connectivity index (χ4n) is 1.75. The molecule has 5 nitrogen and oxygen atoms in total. The molecule has 0 aliphatic rings. The van der Waals surface area contributed by atoms with Crippen LogP contribution in [0.15, 0.2) is 36.7 Å². The molecule has 0 bridgehead atoms. The summed E-state index contributed by atoms with van der Waals surface area (Å²) in [6.07, 6.45) is 3.15. The Bertz CT molecular complexity index is 545. The first-order valence-corrected chi connectivity index (χ1v) is 6.76. The number of hydrogen-bond acceptors (Lipinski definition) is 4. The normalized spacial score (nSPS) is 12.3. The highest BCUT2D eigenvalue weighted by molar-refractivity contribution is 6.30. The molecule has 1 atom stereocenters. The highest BCUT2D eigenvalue weighted by atomic mass is 35.5. The zero-order valence-corrected chi connectivity index (χ0v) is 12.0. The van der Waals surface area contributed by atoms with Crippen LogP contribution in [0.1, 0.15) is 5.56 Å². The van der Waals surface area contributed by atoms with Gasteiger partial charge in [0.15, 0.2) is 0 Å². The van der Waals surface area contributed by atoms with Gasteiger partial charge in [0.1, 0.15) is 18.5 Å². The molecule has 0 fully saturated rings. The zero-order chi connectivity index (χ0) is 14.4. The number of hydrogen-bond donors (Lipinski definition) is 2. The van der Waals surface area contributed by atoms with Crippen LogP contribution in [-0.2, 0) is 13.6 Å². The SMILES string of the molecule is Cn1cc(CNCC(O)COc2cccc(Cl)c2)cn1. The molecule has 20 heavy (non-hydrogen) atoms. The number of halogens is 1. The standard InChI is InChI=1S/C14H18ClN3O2/c1-18-9-11(7-17-18)6-16-8-13(19)10-20-14-4-2-3-12(15)5-14/h2-5,7,9,13,16,19H,6,8,10H2,1H3. The Hall–Kier alpha value is -1.56. The summed E-state index contributed by atoms with van der Waals surface area (Å²) < 4.78 is 7.21. The first-order chi connectivity index (χ1) is 9.63. The largest absolute Gasteiger partial charge is 0.491 e.